The van der Waals surface area contributed by atoms with Crippen molar-refractivity contribution in [3.8, 4) is 6.01 Å². The Bertz CT molecular complexity index is 445. The van der Waals surface area contributed by atoms with E-state index in [-0.39, 0.29) is 18.4 Å². The third kappa shape index (κ3) is 2.73. The van der Waals surface area contributed by atoms with Crippen molar-refractivity contribution >= 4 is 0 Å². The minimum Gasteiger partial charge on any atom is -0.458 e. The molecule has 4 nitrogen and oxygen atoms in total. The number of hydrogen-bond donors (Lipinski definition) is 0. The molecule has 0 aliphatic heterocycles. The zero-order valence-electron chi connectivity index (χ0n) is 8.72. The Balaban J connectivity index is 2.02. The molecule has 1 aromatic carbocycles. The normalized spacial score (nSPS) is 10.1. The van der Waals surface area contributed by atoms with Crippen LogP contribution in [-0.2, 0) is 6.61 Å². The highest BCUT2D eigenvalue weighted by atomic mass is 19.1. The Morgan fingerprint density at radius 2 is 2.25 bits per heavy atom. The Hall–Kier alpha value is -2.04. The summed E-state index contributed by atoms with van der Waals surface area (Å²) in [5, 5.41) is 7.40. The summed E-state index contributed by atoms with van der Waals surface area (Å²) in [6.45, 7) is 2.02. The first-order valence-electron chi connectivity index (χ1n) is 4.77. The minimum absolute atomic E-state index is 0.198. The van der Waals surface area contributed by atoms with Gasteiger partial charge in [0.25, 0.3) is 0 Å². The molecule has 0 N–H and O–H groups in total. The second kappa shape index (κ2) is 4.65. The van der Waals surface area contributed by atoms with Crippen molar-refractivity contribution in [3.05, 3.63) is 47.5 Å². The van der Waals surface area contributed by atoms with E-state index < -0.39 is 0 Å². The summed E-state index contributed by atoms with van der Waals surface area (Å²) in [6.07, 6.45) is 1.54. The zero-order valence-corrected chi connectivity index (χ0v) is 8.72. The molecule has 2 rings (SSSR count). The SMILES string of the molecule is Cc1cnnc(OCc2cccc(F)c2)n1. The Kier molecular flexibility index (Phi) is 3.05. The van der Waals surface area contributed by atoms with E-state index >= 15 is 0 Å². The molecular formula is C11H10FN3O. The molecule has 0 spiro atoms. The number of rotatable bonds is 3. The molecule has 0 saturated heterocycles. The van der Waals surface area contributed by atoms with Crippen LogP contribution < -0.4 is 4.74 Å². The van der Waals surface area contributed by atoms with Gasteiger partial charge in [-0.05, 0) is 24.6 Å². The van der Waals surface area contributed by atoms with Crippen LogP contribution in [0, 0.1) is 12.7 Å². The van der Waals surface area contributed by atoms with E-state index in [4.69, 9.17) is 4.74 Å². The fraction of sp³-hybridized carbons (Fsp3) is 0.182. The molecule has 0 unspecified atom stereocenters. The lowest BCUT2D eigenvalue weighted by molar-refractivity contribution is 0.275. The van der Waals surface area contributed by atoms with Crippen molar-refractivity contribution < 1.29 is 9.13 Å². The van der Waals surface area contributed by atoms with Gasteiger partial charge < -0.3 is 4.74 Å². The maximum absolute atomic E-state index is 12.9. The lowest BCUT2D eigenvalue weighted by atomic mass is 10.2. The fourth-order valence-electron chi connectivity index (χ4n) is 1.20. The second-order valence-electron chi connectivity index (χ2n) is 3.30. The lowest BCUT2D eigenvalue weighted by Crippen LogP contribution is -2.01. The number of halogens is 1. The van der Waals surface area contributed by atoms with Crippen LogP contribution in [0.1, 0.15) is 11.3 Å². The minimum atomic E-state index is -0.288. The van der Waals surface area contributed by atoms with E-state index in [1.165, 1.54) is 18.3 Å². The molecular weight excluding hydrogens is 209 g/mol. The van der Waals surface area contributed by atoms with Gasteiger partial charge in [0, 0.05) is 0 Å². The van der Waals surface area contributed by atoms with Crippen LogP contribution in [-0.4, -0.2) is 15.2 Å². The third-order valence-electron chi connectivity index (χ3n) is 1.92. The Morgan fingerprint density at radius 1 is 1.38 bits per heavy atom. The second-order valence-corrected chi connectivity index (χ2v) is 3.30. The highest BCUT2D eigenvalue weighted by molar-refractivity contribution is 5.15. The topological polar surface area (TPSA) is 47.9 Å². The van der Waals surface area contributed by atoms with Gasteiger partial charge in [0.2, 0.25) is 0 Å². The molecule has 1 heterocycles. The summed E-state index contributed by atoms with van der Waals surface area (Å²) in [7, 11) is 0. The van der Waals surface area contributed by atoms with Crippen LogP contribution in [0.25, 0.3) is 0 Å². The maximum atomic E-state index is 12.9. The molecule has 2 aromatic rings. The molecule has 1 aromatic heterocycles. The van der Waals surface area contributed by atoms with E-state index in [2.05, 4.69) is 15.2 Å². The van der Waals surface area contributed by atoms with Crippen molar-refractivity contribution in [1.82, 2.24) is 15.2 Å². The van der Waals surface area contributed by atoms with Crippen LogP contribution in [0.2, 0.25) is 0 Å². The maximum Gasteiger partial charge on any atom is 0.336 e. The molecule has 0 aliphatic rings. The first kappa shape index (κ1) is 10.5. The van der Waals surface area contributed by atoms with Gasteiger partial charge in [-0.1, -0.05) is 17.2 Å². The molecule has 82 valence electrons. The van der Waals surface area contributed by atoms with Gasteiger partial charge in [-0.15, -0.1) is 0 Å². The van der Waals surface area contributed by atoms with E-state index in [0.717, 1.165) is 11.3 Å². The van der Waals surface area contributed by atoms with Gasteiger partial charge in [0.05, 0.1) is 11.9 Å². The van der Waals surface area contributed by atoms with Gasteiger partial charge in [-0.25, -0.2) is 4.39 Å². The molecule has 0 radical (unpaired) electrons. The van der Waals surface area contributed by atoms with Crippen molar-refractivity contribution in [1.29, 1.82) is 0 Å². The first-order chi connectivity index (χ1) is 7.74. The molecule has 0 bridgehead atoms. The summed E-state index contributed by atoms with van der Waals surface area (Å²) in [5.41, 5.74) is 1.45. The van der Waals surface area contributed by atoms with Gasteiger partial charge in [-0.2, -0.15) is 10.1 Å². The summed E-state index contributed by atoms with van der Waals surface area (Å²) in [6, 6.07) is 6.39. The summed E-state index contributed by atoms with van der Waals surface area (Å²) in [4.78, 5) is 4.02. The zero-order chi connectivity index (χ0) is 11.4. The molecule has 0 atom stereocenters. The van der Waals surface area contributed by atoms with E-state index in [0.29, 0.717) is 0 Å². The molecule has 0 saturated carbocycles. The van der Waals surface area contributed by atoms with Gasteiger partial charge in [0.1, 0.15) is 12.4 Å². The smallest absolute Gasteiger partial charge is 0.336 e. The van der Waals surface area contributed by atoms with Gasteiger partial charge >= 0.3 is 6.01 Å². The summed E-state index contributed by atoms with van der Waals surface area (Å²) >= 11 is 0. The Labute approximate surface area is 92.1 Å². The summed E-state index contributed by atoms with van der Waals surface area (Å²) in [5.74, 6) is -0.288. The van der Waals surface area contributed by atoms with Crippen molar-refractivity contribution in [2.24, 2.45) is 0 Å². The molecule has 0 amide bonds. The largest absolute Gasteiger partial charge is 0.458 e. The number of benzene rings is 1. The molecule has 0 fully saturated rings. The van der Waals surface area contributed by atoms with Crippen LogP contribution in [0.5, 0.6) is 6.01 Å². The first-order valence-corrected chi connectivity index (χ1v) is 4.77. The average molecular weight is 219 g/mol. The predicted octanol–water partition coefficient (Wildman–Crippen LogP) is 1.90. The average Bonchev–Trinajstić information content (AvgIpc) is 2.27. The fourth-order valence-corrected chi connectivity index (χ4v) is 1.20. The lowest BCUT2D eigenvalue weighted by Gasteiger charge is -2.03. The van der Waals surface area contributed by atoms with E-state index in [9.17, 15) is 4.39 Å². The van der Waals surface area contributed by atoms with Crippen molar-refractivity contribution in [2.45, 2.75) is 13.5 Å². The monoisotopic (exact) mass is 219 g/mol. The van der Waals surface area contributed by atoms with Crippen LogP contribution in [0.4, 0.5) is 4.39 Å². The number of aryl methyl sites for hydroxylation is 1. The van der Waals surface area contributed by atoms with Gasteiger partial charge in [0.15, 0.2) is 0 Å². The molecule has 5 heteroatoms. The van der Waals surface area contributed by atoms with Crippen molar-refractivity contribution in [3.63, 3.8) is 0 Å². The highest BCUT2D eigenvalue weighted by Gasteiger charge is 2.00. The van der Waals surface area contributed by atoms with Crippen LogP contribution >= 0.6 is 0 Å². The summed E-state index contributed by atoms with van der Waals surface area (Å²) < 4.78 is 18.1. The van der Waals surface area contributed by atoms with E-state index in [1.54, 1.807) is 19.1 Å². The predicted molar refractivity (Wildman–Crippen MR) is 55.3 cm³/mol. The van der Waals surface area contributed by atoms with Crippen molar-refractivity contribution in [2.75, 3.05) is 0 Å². The molecule has 0 aliphatic carbocycles. The quantitative estimate of drug-likeness (QED) is 0.791. The standard InChI is InChI=1S/C11H10FN3O/c1-8-6-13-15-11(14-8)16-7-9-3-2-4-10(12)5-9/h2-6H,7H2,1H3. The number of nitrogens with zero attached hydrogens (tertiary/aromatic N) is 3. The molecule has 16 heavy (non-hydrogen) atoms. The number of hydrogen-bond acceptors (Lipinski definition) is 4. The Morgan fingerprint density at radius 3 is 3.00 bits per heavy atom. The van der Waals surface area contributed by atoms with Gasteiger partial charge in [-0.3, -0.25) is 0 Å². The highest BCUT2D eigenvalue weighted by Crippen LogP contribution is 2.07. The van der Waals surface area contributed by atoms with Crippen LogP contribution in [0.3, 0.4) is 0 Å². The number of aromatic nitrogens is 3. The third-order valence-corrected chi connectivity index (χ3v) is 1.92. The van der Waals surface area contributed by atoms with Crippen LogP contribution in [0.15, 0.2) is 30.5 Å². The number of ether oxygens (including phenoxy) is 1. The van der Waals surface area contributed by atoms with E-state index in [1.807, 2.05) is 0 Å².